The minimum atomic E-state index is -4.27. The maximum Gasteiger partial charge on any atom is 0.295 e. The van der Waals surface area contributed by atoms with Crippen LogP contribution < -0.4 is 0 Å². The van der Waals surface area contributed by atoms with Gasteiger partial charge in [-0.15, -0.1) is 0 Å². The van der Waals surface area contributed by atoms with Gasteiger partial charge in [0.05, 0.1) is 0 Å². The first-order valence-corrected chi connectivity index (χ1v) is 23.4. The highest BCUT2D eigenvalue weighted by Gasteiger charge is 2.17. The Morgan fingerprint density at radius 2 is 0.700 bits per heavy atom. The summed E-state index contributed by atoms with van der Waals surface area (Å²) in [6.07, 6.45) is 45.5. The number of aryl methyl sites for hydroxylation is 2. The quantitative estimate of drug-likeness (QED) is 0.0572. The van der Waals surface area contributed by atoms with Crippen LogP contribution >= 0.6 is 0 Å². The summed E-state index contributed by atoms with van der Waals surface area (Å²) < 4.78 is 34.5. The van der Waals surface area contributed by atoms with E-state index >= 15 is 0 Å². The molecule has 3 nitrogen and oxygen atoms in total. The highest BCUT2D eigenvalue weighted by Crippen LogP contribution is 2.31. The van der Waals surface area contributed by atoms with Gasteiger partial charge < -0.3 is 0 Å². The normalized spacial score (nSPS) is 12.0. The first kappa shape index (κ1) is 44.8. The molecular formula is C46H80O3S. The lowest BCUT2D eigenvalue weighted by Crippen LogP contribution is -2.02. The summed E-state index contributed by atoms with van der Waals surface area (Å²) in [7, 11) is -4.27. The lowest BCUT2D eigenvalue weighted by molar-refractivity contribution is 0.484. The Bertz CT molecular complexity index is 1150. The topological polar surface area (TPSA) is 54.4 Å². The Balaban J connectivity index is 1.65. The van der Waals surface area contributed by atoms with E-state index in [9.17, 15) is 13.0 Å². The minimum absolute atomic E-state index is 0.0528. The van der Waals surface area contributed by atoms with E-state index in [1.54, 1.807) is 6.07 Å². The second-order valence-corrected chi connectivity index (χ2v) is 17.0. The van der Waals surface area contributed by atoms with Crippen molar-refractivity contribution in [2.45, 2.75) is 237 Å². The number of fused-ring (bicyclic) bond motifs is 1. The Morgan fingerprint density at radius 3 is 1.02 bits per heavy atom. The Kier molecular flexibility index (Phi) is 27.0. The zero-order valence-electron chi connectivity index (χ0n) is 33.1. The molecule has 4 heteroatoms. The largest absolute Gasteiger partial charge is 0.295 e. The molecule has 288 valence electrons. The van der Waals surface area contributed by atoms with Crippen molar-refractivity contribution in [2.75, 3.05) is 0 Å². The summed E-state index contributed by atoms with van der Waals surface area (Å²) in [4.78, 5) is 0.0528. The van der Waals surface area contributed by atoms with Crippen LogP contribution in [0.4, 0.5) is 0 Å². The van der Waals surface area contributed by atoms with E-state index in [0.29, 0.717) is 5.39 Å². The van der Waals surface area contributed by atoms with E-state index in [1.807, 2.05) is 18.2 Å². The molecule has 0 saturated heterocycles. The molecule has 0 aliphatic heterocycles. The van der Waals surface area contributed by atoms with Gasteiger partial charge in [-0.05, 0) is 48.3 Å². The molecule has 0 heterocycles. The second-order valence-electron chi connectivity index (χ2n) is 15.6. The van der Waals surface area contributed by atoms with Crippen molar-refractivity contribution in [2.24, 2.45) is 0 Å². The van der Waals surface area contributed by atoms with Crippen molar-refractivity contribution >= 4 is 20.9 Å². The summed E-state index contributed by atoms with van der Waals surface area (Å²) in [5.74, 6) is 0. The molecule has 0 spiro atoms. The minimum Gasteiger partial charge on any atom is -0.282 e. The molecular weight excluding hydrogens is 633 g/mol. The van der Waals surface area contributed by atoms with E-state index < -0.39 is 10.1 Å². The van der Waals surface area contributed by atoms with E-state index in [2.05, 4.69) is 19.9 Å². The summed E-state index contributed by atoms with van der Waals surface area (Å²) in [5.41, 5.74) is 2.48. The summed E-state index contributed by atoms with van der Waals surface area (Å²) in [6, 6.07) is 9.62. The van der Waals surface area contributed by atoms with Crippen LogP contribution in [0.3, 0.4) is 0 Å². The Hall–Kier alpha value is -1.39. The van der Waals surface area contributed by atoms with Crippen LogP contribution in [0.5, 0.6) is 0 Å². The van der Waals surface area contributed by atoms with Crippen LogP contribution in [0.1, 0.15) is 230 Å². The zero-order chi connectivity index (χ0) is 36.0. The molecule has 0 atom stereocenters. The van der Waals surface area contributed by atoms with Crippen LogP contribution in [0.2, 0.25) is 0 Å². The third kappa shape index (κ3) is 21.2. The first-order valence-electron chi connectivity index (χ1n) is 22.0. The van der Waals surface area contributed by atoms with Crippen LogP contribution in [-0.4, -0.2) is 13.0 Å². The highest BCUT2D eigenvalue weighted by atomic mass is 32.2. The molecule has 0 saturated carbocycles. The van der Waals surface area contributed by atoms with Gasteiger partial charge in [-0.2, -0.15) is 8.42 Å². The zero-order valence-corrected chi connectivity index (χ0v) is 33.9. The monoisotopic (exact) mass is 713 g/mol. The number of unbranched alkanes of at least 4 members (excludes halogenated alkanes) is 30. The van der Waals surface area contributed by atoms with E-state index in [0.717, 1.165) is 31.1 Å². The van der Waals surface area contributed by atoms with E-state index in [1.165, 1.54) is 204 Å². The maximum absolute atomic E-state index is 12.3. The van der Waals surface area contributed by atoms with Gasteiger partial charge in [0, 0.05) is 5.39 Å². The molecule has 2 rings (SSSR count). The summed E-state index contributed by atoms with van der Waals surface area (Å²) in [5, 5.41) is 1.76. The van der Waals surface area contributed by atoms with Crippen molar-refractivity contribution in [3.63, 3.8) is 0 Å². The molecule has 2 aromatic rings. The average molecular weight is 713 g/mol. The van der Waals surface area contributed by atoms with E-state index in [-0.39, 0.29) is 4.90 Å². The van der Waals surface area contributed by atoms with Crippen molar-refractivity contribution in [3.8, 4) is 0 Å². The Morgan fingerprint density at radius 1 is 0.400 bits per heavy atom. The van der Waals surface area contributed by atoms with Crippen LogP contribution in [0.25, 0.3) is 10.8 Å². The van der Waals surface area contributed by atoms with Gasteiger partial charge in [-0.3, -0.25) is 4.55 Å². The second kappa shape index (κ2) is 30.1. The van der Waals surface area contributed by atoms with Crippen molar-refractivity contribution in [1.29, 1.82) is 0 Å². The van der Waals surface area contributed by atoms with Gasteiger partial charge in [-0.1, -0.05) is 231 Å². The number of hydrogen-bond donors (Lipinski definition) is 1. The predicted octanol–water partition coefficient (Wildman–Crippen LogP) is 15.7. The molecule has 1 N–H and O–H groups in total. The Labute approximate surface area is 311 Å². The fraction of sp³-hybridized carbons (Fsp3) is 0.783. The molecule has 0 amide bonds. The van der Waals surface area contributed by atoms with E-state index in [4.69, 9.17) is 0 Å². The van der Waals surface area contributed by atoms with Gasteiger partial charge in [0.25, 0.3) is 10.1 Å². The average Bonchev–Trinajstić information content (AvgIpc) is 3.10. The van der Waals surface area contributed by atoms with Crippen molar-refractivity contribution in [1.82, 2.24) is 0 Å². The van der Waals surface area contributed by atoms with Crippen molar-refractivity contribution in [3.05, 3.63) is 41.5 Å². The third-order valence-corrected chi connectivity index (χ3v) is 12.0. The molecule has 0 radical (unpaired) electrons. The molecule has 0 bridgehead atoms. The standard InChI is InChI=1S/C46H80O3S/c1-3-5-7-9-11-13-15-17-19-21-23-25-27-29-31-33-36-42-38-35-39-44-45(50(47,48)49)41-40-43(46(42)44)37-34-32-30-28-26-24-22-20-18-16-14-12-10-8-6-4-2/h35,38-41H,3-34,36-37H2,1-2H3,(H,47,48,49). The van der Waals surface area contributed by atoms with Gasteiger partial charge >= 0.3 is 0 Å². The molecule has 50 heavy (non-hydrogen) atoms. The molecule has 0 unspecified atom stereocenters. The number of hydrogen-bond acceptors (Lipinski definition) is 2. The number of benzene rings is 2. The number of rotatable bonds is 35. The molecule has 2 aromatic carbocycles. The lowest BCUT2D eigenvalue weighted by atomic mass is 9.93. The summed E-state index contributed by atoms with van der Waals surface area (Å²) in [6.45, 7) is 4.57. The van der Waals surface area contributed by atoms with Gasteiger partial charge in [-0.25, -0.2) is 0 Å². The molecule has 0 aromatic heterocycles. The highest BCUT2D eigenvalue weighted by molar-refractivity contribution is 7.86. The third-order valence-electron chi connectivity index (χ3n) is 11.1. The van der Waals surface area contributed by atoms with Gasteiger partial charge in [0.1, 0.15) is 4.90 Å². The van der Waals surface area contributed by atoms with Crippen LogP contribution in [0, 0.1) is 0 Å². The smallest absolute Gasteiger partial charge is 0.282 e. The SMILES string of the molecule is CCCCCCCCCCCCCCCCCCc1cccc2c(S(=O)(=O)O)ccc(CCCCCCCCCCCCCCCCCC)c12. The maximum atomic E-state index is 12.3. The van der Waals surface area contributed by atoms with Gasteiger partial charge in [0.15, 0.2) is 0 Å². The molecule has 0 aliphatic carbocycles. The fourth-order valence-corrected chi connectivity index (χ4v) is 8.59. The van der Waals surface area contributed by atoms with Gasteiger partial charge in [0.2, 0.25) is 0 Å². The summed E-state index contributed by atoms with van der Waals surface area (Å²) >= 11 is 0. The first-order chi connectivity index (χ1) is 24.5. The molecule has 0 aliphatic rings. The predicted molar refractivity (Wildman–Crippen MR) is 220 cm³/mol. The van der Waals surface area contributed by atoms with Crippen LogP contribution in [0.15, 0.2) is 35.2 Å². The fourth-order valence-electron chi connectivity index (χ4n) is 7.90. The molecule has 0 fully saturated rings. The lowest BCUT2D eigenvalue weighted by Gasteiger charge is -2.14. The van der Waals surface area contributed by atoms with Crippen LogP contribution in [-0.2, 0) is 23.0 Å². The van der Waals surface area contributed by atoms with Crippen molar-refractivity contribution < 1.29 is 13.0 Å².